The van der Waals surface area contributed by atoms with Gasteiger partial charge in [0.05, 0.1) is 6.42 Å². The number of benzene rings is 1. The highest BCUT2D eigenvalue weighted by Gasteiger charge is 2.46. The summed E-state index contributed by atoms with van der Waals surface area (Å²) in [4.78, 5) is 54.9. The lowest BCUT2D eigenvalue weighted by Crippen LogP contribution is -2.63. The van der Waals surface area contributed by atoms with Gasteiger partial charge in [-0.25, -0.2) is 5.01 Å². The fourth-order valence-corrected chi connectivity index (χ4v) is 4.99. The van der Waals surface area contributed by atoms with Gasteiger partial charge < -0.3 is 25.1 Å². The van der Waals surface area contributed by atoms with E-state index in [9.17, 15) is 19.2 Å². The molecular weight excluding hydrogens is 454 g/mol. The molecule has 0 aliphatic carbocycles. The van der Waals surface area contributed by atoms with E-state index >= 15 is 0 Å². The number of hydrogen-bond acceptors (Lipinski definition) is 7. The quantitative estimate of drug-likeness (QED) is 0.527. The lowest BCUT2D eigenvalue weighted by atomic mass is 10.0. The molecule has 1 aromatic carbocycles. The average Bonchev–Trinajstić information content (AvgIpc) is 3.39. The summed E-state index contributed by atoms with van der Waals surface area (Å²) >= 11 is 0. The molecule has 3 saturated heterocycles. The van der Waals surface area contributed by atoms with Gasteiger partial charge in [-0.1, -0.05) is 18.2 Å². The van der Waals surface area contributed by atoms with Crippen molar-refractivity contribution in [1.29, 1.82) is 0 Å². The monoisotopic (exact) mass is 483 g/mol. The van der Waals surface area contributed by atoms with Crippen molar-refractivity contribution in [3.63, 3.8) is 0 Å². The number of carbonyl (C=O) groups is 4. The summed E-state index contributed by atoms with van der Waals surface area (Å²) in [6, 6.07) is 7.48. The first kappa shape index (κ1) is 23.2. The van der Waals surface area contributed by atoms with Crippen LogP contribution in [0.5, 0.6) is 0 Å². The first-order valence-corrected chi connectivity index (χ1v) is 12.0. The second kappa shape index (κ2) is 9.57. The molecule has 1 aromatic heterocycles. The van der Waals surface area contributed by atoms with Gasteiger partial charge in [0.25, 0.3) is 5.91 Å². The van der Waals surface area contributed by atoms with E-state index in [4.69, 9.17) is 9.47 Å². The van der Waals surface area contributed by atoms with Gasteiger partial charge in [0.2, 0.25) is 18.1 Å². The van der Waals surface area contributed by atoms with Crippen LogP contribution in [0.4, 0.5) is 5.82 Å². The van der Waals surface area contributed by atoms with E-state index in [1.165, 1.54) is 10.0 Å². The van der Waals surface area contributed by atoms with Gasteiger partial charge in [0.15, 0.2) is 0 Å². The molecule has 11 heteroatoms. The Balaban J connectivity index is 1.36. The van der Waals surface area contributed by atoms with Crippen molar-refractivity contribution in [2.45, 2.75) is 63.4 Å². The molecule has 3 amide bonds. The van der Waals surface area contributed by atoms with Crippen LogP contribution < -0.4 is 10.6 Å². The summed E-state index contributed by atoms with van der Waals surface area (Å²) in [7, 11) is 0. The van der Waals surface area contributed by atoms with Gasteiger partial charge in [-0.15, -0.1) is 0 Å². The molecule has 0 saturated carbocycles. The van der Waals surface area contributed by atoms with Crippen molar-refractivity contribution in [2.75, 3.05) is 18.5 Å². The van der Waals surface area contributed by atoms with Gasteiger partial charge in [-0.05, 0) is 38.3 Å². The highest BCUT2D eigenvalue weighted by Crippen LogP contribution is 2.28. The minimum atomic E-state index is -0.872. The number of fused-ring (bicyclic) bond motifs is 2. The number of amides is 3. The van der Waals surface area contributed by atoms with Gasteiger partial charge in [-0.2, -0.15) is 0 Å². The first-order valence-electron chi connectivity index (χ1n) is 12.0. The number of nitrogens with zero attached hydrogens (tertiary/aromatic N) is 2. The number of carbonyl (C=O) groups excluding carboxylic acids is 4. The third-order valence-electron chi connectivity index (χ3n) is 6.65. The number of esters is 1. The number of H-pyrrole nitrogens is 1. The Morgan fingerprint density at radius 2 is 2.06 bits per heavy atom. The number of rotatable bonds is 6. The van der Waals surface area contributed by atoms with Crippen molar-refractivity contribution in [1.82, 2.24) is 20.3 Å². The van der Waals surface area contributed by atoms with E-state index < -0.39 is 36.3 Å². The Bertz CT molecular complexity index is 1120. The Hall–Kier alpha value is -3.60. The summed E-state index contributed by atoms with van der Waals surface area (Å²) in [5, 5.41) is 9.76. The van der Waals surface area contributed by atoms with E-state index in [-0.39, 0.29) is 24.7 Å². The van der Waals surface area contributed by atoms with Gasteiger partial charge in [0.1, 0.15) is 23.9 Å². The fourth-order valence-electron chi connectivity index (χ4n) is 4.99. The number of anilines is 1. The normalized spacial score (nSPS) is 26.9. The van der Waals surface area contributed by atoms with Crippen molar-refractivity contribution in [2.24, 2.45) is 0 Å². The highest BCUT2D eigenvalue weighted by atomic mass is 16.7. The van der Waals surface area contributed by atoms with Crippen LogP contribution >= 0.6 is 0 Å². The largest absolute Gasteiger partial charge is 0.433 e. The molecule has 186 valence electrons. The molecule has 35 heavy (non-hydrogen) atoms. The molecule has 2 aromatic rings. The maximum atomic E-state index is 13.7. The minimum Gasteiger partial charge on any atom is -0.433 e. The zero-order valence-electron chi connectivity index (χ0n) is 19.5. The predicted octanol–water partition coefficient (Wildman–Crippen LogP) is 1.27. The number of cyclic esters (lactones) is 1. The van der Waals surface area contributed by atoms with Crippen molar-refractivity contribution in [3.05, 3.63) is 30.3 Å². The van der Waals surface area contributed by atoms with Crippen LogP contribution in [-0.2, 0) is 28.7 Å². The first-order chi connectivity index (χ1) is 16.9. The number of hydrazine groups is 1. The molecule has 4 atom stereocenters. The van der Waals surface area contributed by atoms with Crippen LogP contribution in [0, 0.1) is 0 Å². The third-order valence-corrected chi connectivity index (χ3v) is 6.65. The molecule has 4 heterocycles. The standard InChI is InChI=1S/C24H29N5O6/c1-2-34-24-17(13-21(31)35-24)27-22(32)18-8-5-11-28-20(30)10-9-16(23(33)29(18)28)26-19-12-14-6-3-4-7-15(14)25-19/h3-4,6-7,12,16-18,24-26H,2,5,8-11,13H2,1H3,(H,27,32). The molecule has 5 rings (SSSR count). The van der Waals surface area contributed by atoms with Crippen LogP contribution in [0.25, 0.3) is 10.9 Å². The zero-order valence-corrected chi connectivity index (χ0v) is 19.5. The highest BCUT2D eigenvalue weighted by molar-refractivity contribution is 5.95. The smallest absolute Gasteiger partial charge is 0.310 e. The minimum absolute atomic E-state index is 0.00964. The van der Waals surface area contributed by atoms with E-state index in [1.807, 2.05) is 30.3 Å². The molecule has 4 unspecified atom stereocenters. The maximum absolute atomic E-state index is 13.7. The SMILES string of the molecule is CCOC1OC(=O)CC1NC(=O)C1CCCN2C(=O)CCC(Nc3cc4ccccc4[nH]3)C(=O)N12. The predicted molar refractivity (Wildman–Crippen MR) is 125 cm³/mol. The van der Waals surface area contributed by atoms with Crippen LogP contribution in [0.2, 0.25) is 0 Å². The molecule has 0 bridgehead atoms. The van der Waals surface area contributed by atoms with Crippen molar-refractivity contribution >= 4 is 40.4 Å². The van der Waals surface area contributed by atoms with Gasteiger partial charge >= 0.3 is 5.97 Å². The number of hydrogen-bond donors (Lipinski definition) is 3. The Kier molecular flexibility index (Phi) is 6.33. The molecule has 3 N–H and O–H groups in total. The van der Waals surface area contributed by atoms with Crippen molar-refractivity contribution in [3.8, 4) is 0 Å². The molecule has 3 fully saturated rings. The average molecular weight is 484 g/mol. The number of aromatic nitrogens is 1. The summed E-state index contributed by atoms with van der Waals surface area (Å²) in [5.41, 5.74) is 0.932. The van der Waals surface area contributed by atoms with Crippen LogP contribution in [0.3, 0.4) is 0 Å². The topological polar surface area (TPSA) is 133 Å². The van der Waals surface area contributed by atoms with Crippen LogP contribution in [-0.4, -0.2) is 76.3 Å². The summed E-state index contributed by atoms with van der Waals surface area (Å²) in [6.07, 6.45) is 0.611. The van der Waals surface area contributed by atoms with Gasteiger partial charge in [-0.3, -0.25) is 24.2 Å². The van der Waals surface area contributed by atoms with Gasteiger partial charge in [0, 0.05) is 30.5 Å². The Morgan fingerprint density at radius 3 is 2.86 bits per heavy atom. The summed E-state index contributed by atoms with van der Waals surface area (Å²) in [5.74, 6) is -0.750. The molecule has 0 spiro atoms. The van der Waals surface area contributed by atoms with E-state index in [2.05, 4.69) is 15.6 Å². The van der Waals surface area contributed by atoms with E-state index in [0.29, 0.717) is 38.2 Å². The zero-order chi connectivity index (χ0) is 24.5. The van der Waals surface area contributed by atoms with Crippen molar-refractivity contribution < 1.29 is 28.7 Å². The maximum Gasteiger partial charge on any atom is 0.310 e. The van der Waals surface area contributed by atoms with Crippen LogP contribution in [0.1, 0.15) is 39.0 Å². The second-order valence-electron chi connectivity index (χ2n) is 9.00. The number of nitrogens with one attached hydrogen (secondary N) is 3. The number of para-hydroxylation sites is 1. The number of aromatic amines is 1. The fraction of sp³-hybridized carbons (Fsp3) is 0.500. The van der Waals surface area contributed by atoms with Crippen LogP contribution in [0.15, 0.2) is 30.3 Å². The van der Waals surface area contributed by atoms with E-state index in [1.54, 1.807) is 6.92 Å². The summed E-state index contributed by atoms with van der Waals surface area (Å²) < 4.78 is 10.6. The molecule has 0 radical (unpaired) electrons. The molecular formula is C24H29N5O6. The lowest BCUT2D eigenvalue weighted by molar-refractivity contribution is -0.176. The third kappa shape index (κ3) is 4.55. The van der Waals surface area contributed by atoms with E-state index in [0.717, 1.165) is 10.9 Å². The summed E-state index contributed by atoms with van der Waals surface area (Å²) in [6.45, 7) is 2.47. The molecule has 3 aliphatic heterocycles. The molecule has 11 nitrogen and oxygen atoms in total. The lowest BCUT2D eigenvalue weighted by Gasteiger charge is -2.43. The second-order valence-corrected chi connectivity index (χ2v) is 9.00. The number of ether oxygens (including phenoxy) is 2. The molecule has 3 aliphatic rings. The Labute approximate surface area is 202 Å². The Morgan fingerprint density at radius 1 is 1.23 bits per heavy atom.